The zero-order valence-electron chi connectivity index (χ0n) is 10.2. The van der Waals surface area contributed by atoms with Crippen LogP contribution in [0.25, 0.3) is 15.9 Å². The number of hydrogen-bond acceptors (Lipinski definition) is 3. The summed E-state index contributed by atoms with van der Waals surface area (Å²) in [5, 5.41) is 1.90. The molecular formula is C14H12N2OS. The van der Waals surface area contributed by atoms with Gasteiger partial charge in [0.15, 0.2) is 0 Å². The van der Waals surface area contributed by atoms with E-state index in [0.717, 1.165) is 22.6 Å². The molecule has 2 heterocycles. The van der Waals surface area contributed by atoms with Crippen LogP contribution in [0.1, 0.15) is 11.4 Å². The second-order valence-corrected chi connectivity index (χ2v) is 5.19. The molecule has 0 unspecified atom stereocenters. The Bertz CT molecular complexity index is 786. The lowest BCUT2D eigenvalue weighted by molar-refractivity contribution is 0.896. The zero-order valence-corrected chi connectivity index (χ0v) is 11.0. The fraction of sp³-hybridized carbons (Fsp3) is 0.143. The monoisotopic (exact) mass is 256 g/mol. The van der Waals surface area contributed by atoms with Crippen LogP contribution in [-0.2, 0) is 0 Å². The third-order valence-corrected chi connectivity index (χ3v) is 3.80. The lowest BCUT2D eigenvalue weighted by Crippen LogP contribution is -2.21. The second kappa shape index (κ2) is 4.07. The van der Waals surface area contributed by atoms with E-state index >= 15 is 0 Å². The van der Waals surface area contributed by atoms with Crippen molar-refractivity contribution in [3.8, 4) is 5.69 Å². The molecule has 4 heteroatoms. The summed E-state index contributed by atoms with van der Waals surface area (Å²) in [5.74, 6) is 0.719. The van der Waals surface area contributed by atoms with E-state index in [1.807, 2.05) is 49.6 Å². The summed E-state index contributed by atoms with van der Waals surface area (Å²) >= 11 is 1.44. The molecule has 2 aromatic heterocycles. The molecule has 0 amide bonds. The molecule has 1 aromatic carbocycles. The van der Waals surface area contributed by atoms with Gasteiger partial charge in [-0.25, -0.2) is 4.98 Å². The van der Waals surface area contributed by atoms with Crippen LogP contribution in [0.5, 0.6) is 0 Å². The zero-order chi connectivity index (χ0) is 12.7. The molecule has 0 atom stereocenters. The van der Waals surface area contributed by atoms with Crippen LogP contribution < -0.4 is 5.56 Å². The predicted octanol–water partition coefficient (Wildman–Crippen LogP) is 3.06. The van der Waals surface area contributed by atoms with Crippen molar-refractivity contribution in [2.75, 3.05) is 0 Å². The number of aromatic nitrogens is 2. The van der Waals surface area contributed by atoms with E-state index in [4.69, 9.17) is 0 Å². The summed E-state index contributed by atoms with van der Waals surface area (Å²) in [5.41, 5.74) is 2.80. The van der Waals surface area contributed by atoms with Crippen LogP contribution in [0.2, 0.25) is 0 Å². The normalized spacial score (nSPS) is 11.0. The van der Waals surface area contributed by atoms with Crippen molar-refractivity contribution >= 4 is 21.6 Å². The largest absolute Gasteiger partial charge is 0.276 e. The highest BCUT2D eigenvalue weighted by Gasteiger charge is 2.10. The average Bonchev–Trinajstić information content (AvgIpc) is 2.77. The topological polar surface area (TPSA) is 34.9 Å². The van der Waals surface area contributed by atoms with E-state index in [2.05, 4.69) is 4.98 Å². The second-order valence-electron chi connectivity index (χ2n) is 4.27. The Morgan fingerprint density at radius 2 is 2.06 bits per heavy atom. The van der Waals surface area contributed by atoms with Gasteiger partial charge >= 0.3 is 0 Å². The molecule has 0 spiro atoms. The molecule has 3 rings (SSSR count). The van der Waals surface area contributed by atoms with E-state index in [1.165, 1.54) is 11.3 Å². The van der Waals surface area contributed by atoms with E-state index in [-0.39, 0.29) is 5.56 Å². The van der Waals surface area contributed by atoms with Gasteiger partial charge in [0.05, 0.1) is 11.2 Å². The van der Waals surface area contributed by atoms with Crippen molar-refractivity contribution in [3.05, 3.63) is 57.5 Å². The molecule has 3 nitrogen and oxygen atoms in total. The number of nitrogens with zero attached hydrogens (tertiary/aromatic N) is 2. The van der Waals surface area contributed by atoms with Gasteiger partial charge in [-0.1, -0.05) is 12.1 Å². The van der Waals surface area contributed by atoms with Gasteiger partial charge in [0, 0.05) is 0 Å². The number of thiophene rings is 1. The molecule has 3 aromatic rings. The van der Waals surface area contributed by atoms with E-state index in [1.54, 1.807) is 4.57 Å². The average molecular weight is 256 g/mol. The van der Waals surface area contributed by atoms with Gasteiger partial charge in [0.25, 0.3) is 5.56 Å². The van der Waals surface area contributed by atoms with Crippen LogP contribution in [0.15, 0.2) is 40.5 Å². The minimum Gasteiger partial charge on any atom is -0.267 e. The Labute approximate surface area is 108 Å². The lowest BCUT2D eigenvalue weighted by atomic mass is 10.2. The molecule has 0 bridgehead atoms. The number of hydrogen-bond donors (Lipinski definition) is 0. The van der Waals surface area contributed by atoms with Gasteiger partial charge < -0.3 is 0 Å². The summed E-state index contributed by atoms with van der Waals surface area (Å²) in [6.45, 7) is 3.88. The highest BCUT2D eigenvalue weighted by atomic mass is 32.1. The van der Waals surface area contributed by atoms with E-state index in [0.29, 0.717) is 4.70 Å². The summed E-state index contributed by atoms with van der Waals surface area (Å²) in [6.07, 6.45) is 0. The van der Waals surface area contributed by atoms with Crippen molar-refractivity contribution < 1.29 is 0 Å². The van der Waals surface area contributed by atoms with E-state index in [9.17, 15) is 4.79 Å². The molecular weight excluding hydrogens is 244 g/mol. The third kappa shape index (κ3) is 1.66. The molecule has 0 fully saturated rings. The molecule has 0 aliphatic heterocycles. The molecule has 0 N–H and O–H groups in total. The van der Waals surface area contributed by atoms with Crippen molar-refractivity contribution in [1.29, 1.82) is 0 Å². The van der Waals surface area contributed by atoms with Crippen LogP contribution in [0, 0.1) is 13.8 Å². The molecule has 18 heavy (non-hydrogen) atoms. The van der Waals surface area contributed by atoms with Gasteiger partial charge in [-0.05, 0) is 43.0 Å². The SMILES string of the molecule is Cc1cccc(-n2c(C)nc3ccsc3c2=O)c1. The number of fused-ring (bicyclic) bond motifs is 1. The highest BCUT2D eigenvalue weighted by Crippen LogP contribution is 2.17. The van der Waals surface area contributed by atoms with Crippen molar-refractivity contribution in [1.82, 2.24) is 9.55 Å². The van der Waals surface area contributed by atoms with Gasteiger partial charge in [0.1, 0.15) is 10.5 Å². The molecule has 0 radical (unpaired) electrons. The van der Waals surface area contributed by atoms with Gasteiger partial charge in [-0.15, -0.1) is 11.3 Å². The first-order valence-electron chi connectivity index (χ1n) is 5.71. The smallest absolute Gasteiger partial charge is 0.267 e. The van der Waals surface area contributed by atoms with E-state index < -0.39 is 0 Å². The predicted molar refractivity (Wildman–Crippen MR) is 74.7 cm³/mol. The Morgan fingerprint density at radius 1 is 1.22 bits per heavy atom. The fourth-order valence-corrected chi connectivity index (χ4v) is 2.85. The number of rotatable bonds is 1. The summed E-state index contributed by atoms with van der Waals surface area (Å²) in [7, 11) is 0. The Hall–Kier alpha value is -1.94. The highest BCUT2D eigenvalue weighted by molar-refractivity contribution is 7.17. The van der Waals surface area contributed by atoms with Crippen LogP contribution in [-0.4, -0.2) is 9.55 Å². The van der Waals surface area contributed by atoms with Gasteiger partial charge in [-0.3, -0.25) is 9.36 Å². The van der Waals surface area contributed by atoms with Gasteiger partial charge in [0.2, 0.25) is 0 Å². The first kappa shape index (κ1) is 11.2. The molecule has 0 aliphatic carbocycles. The van der Waals surface area contributed by atoms with Crippen molar-refractivity contribution in [2.24, 2.45) is 0 Å². The van der Waals surface area contributed by atoms with Crippen molar-refractivity contribution in [2.45, 2.75) is 13.8 Å². The summed E-state index contributed by atoms with van der Waals surface area (Å²) < 4.78 is 2.38. The standard InChI is InChI=1S/C14H12N2OS/c1-9-4-3-5-11(8-9)16-10(2)15-12-6-7-18-13(12)14(16)17/h3-8H,1-2H3. The maximum atomic E-state index is 12.5. The summed E-state index contributed by atoms with van der Waals surface area (Å²) in [4.78, 5) is 16.9. The maximum Gasteiger partial charge on any atom is 0.276 e. The lowest BCUT2D eigenvalue weighted by Gasteiger charge is -2.09. The number of aryl methyl sites for hydroxylation is 2. The van der Waals surface area contributed by atoms with Gasteiger partial charge in [-0.2, -0.15) is 0 Å². The Morgan fingerprint density at radius 3 is 2.83 bits per heavy atom. The Kier molecular flexibility index (Phi) is 2.52. The minimum atomic E-state index is 0.0121. The molecule has 0 saturated heterocycles. The van der Waals surface area contributed by atoms with Crippen LogP contribution >= 0.6 is 11.3 Å². The third-order valence-electron chi connectivity index (χ3n) is 2.91. The minimum absolute atomic E-state index is 0.0121. The van der Waals surface area contributed by atoms with Crippen LogP contribution in [0.4, 0.5) is 0 Å². The molecule has 0 saturated carbocycles. The summed E-state index contributed by atoms with van der Waals surface area (Å²) in [6, 6.07) is 9.78. The maximum absolute atomic E-state index is 12.5. The quantitative estimate of drug-likeness (QED) is 0.670. The molecule has 90 valence electrons. The van der Waals surface area contributed by atoms with Crippen LogP contribution in [0.3, 0.4) is 0 Å². The molecule has 0 aliphatic rings. The Balaban J connectivity index is 2.38. The van der Waals surface area contributed by atoms with Crippen molar-refractivity contribution in [3.63, 3.8) is 0 Å². The first-order chi connectivity index (χ1) is 8.66. The fourth-order valence-electron chi connectivity index (χ4n) is 2.09. The first-order valence-corrected chi connectivity index (χ1v) is 6.59. The number of benzene rings is 1.